The molecule has 0 saturated heterocycles. The summed E-state index contributed by atoms with van der Waals surface area (Å²) < 4.78 is 0. The van der Waals surface area contributed by atoms with E-state index in [4.69, 9.17) is 0 Å². The van der Waals surface area contributed by atoms with Crippen molar-refractivity contribution in [2.45, 2.75) is 89.1 Å². The molecule has 3 heteroatoms. The Morgan fingerprint density at radius 1 is 1.14 bits per heavy atom. The van der Waals surface area contributed by atoms with Crippen molar-refractivity contribution in [2.24, 2.45) is 17.3 Å². The normalized spacial score (nSPS) is 32.0. The van der Waals surface area contributed by atoms with Gasteiger partial charge in [0.2, 0.25) is 0 Å². The van der Waals surface area contributed by atoms with E-state index in [-0.39, 0.29) is 5.92 Å². The lowest BCUT2D eigenvalue weighted by atomic mass is 9.67. The van der Waals surface area contributed by atoms with Gasteiger partial charge < -0.3 is 5.11 Å². The van der Waals surface area contributed by atoms with Gasteiger partial charge in [0.25, 0.3) is 0 Å². The molecule has 0 spiro atoms. The molecule has 0 amide bonds. The average molecular weight is 313 g/mol. The third-order valence-electron chi connectivity index (χ3n) is 6.04. The van der Waals surface area contributed by atoms with Crippen LogP contribution in [0.2, 0.25) is 0 Å². The van der Waals surface area contributed by atoms with Crippen molar-refractivity contribution in [3.8, 4) is 0 Å². The third kappa shape index (κ3) is 4.40. The highest BCUT2D eigenvalue weighted by Gasteiger charge is 2.41. The molecule has 2 nitrogen and oxygen atoms in total. The number of rotatable bonds is 5. The molecule has 3 unspecified atom stereocenters. The number of carboxylic acid groups (broad SMARTS) is 1. The van der Waals surface area contributed by atoms with Crippen LogP contribution in [0.4, 0.5) is 0 Å². The Bertz CT molecular complexity index is 347. The fourth-order valence-electron chi connectivity index (χ4n) is 4.01. The summed E-state index contributed by atoms with van der Waals surface area (Å²) >= 11 is 2.03. The fourth-order valence-corrected chi connectivity index (χ4v) is 5.89. The van der Waals surface area contributed by atoms with Gasteiger partial charge in [-0.25, -0.2) is 0 Å². The topological polar surface area (TPSA) is 37.3 Å². The summed E-state index contributed by atoms with van der Waals surface area (Å²) in [7, 11) is 0. The lowest BCUT2D eigenvalue weighted by Gasteiger charge is -2.42. The molecule has 0 aromatic rings. The van der Waals surface area contributed by atoms with Crippen molar-refractivity contribution in [1.29, 1.82) is 0 Å². The maximum Gasteiger partial charge on any atom is 0.307 e. The van der Waals surface area contributed by atoms with Gasteiger partial charge in [0.15, 0.2) is 0 Å². The second kappa shape index (κ2) is 7.39. The molecule has 2 rings (SSSR count). The van der Waals surface area contributed by atoms with E-state index < -0.39 is 5.97 Å². The number of carboxylic acids is 1. The molecule has 0 aromatic carbocycles. The summed E-state index contributed by atoms with van der Waals surface area (Å²) in [6, 6.07) is 0. The van der Waals surface area contributed by atoms with Crippen molar-refractivity contribution in [3.63, 3.8) is 0 Å². The minimum Gasteiger partial charge on any atom is -0.481 e. The van der Waals surface area contributed by atoms with Crippen LogP contribution >= 0.6 is 11.8 Å². The van der Waals surface area contributed by atoms with Gasteiger partial charge in [-0.05, 0) is 43.4 Å². The van der Waals surface area contributed by atoms with Gasteiger partial charge in [-0.3, -0.25) is 4.79 Å². The van der Waals surface area contributed by atoms with E-state index in [1.807, 2.05) is 11.8 Å². The largest absolute Gasteiger partial charge is 0.481 e. The number of aliphatic carboxylic acids is 1. The Hall–Kier alpha value is -0.180. The van der Waals surface area contributed by atoms with E-state index >= 15 is 0 Å². The van der Waals surface area contributed by atoms with Crippen LogP contribution in [-0.4, -0.2) is 21.6 Å². The number of hydrogen-bond acceptors (Lipinski definition) is 2. The van der Waals surface area contributed by atoms with E-state index in [0.29, 0.717) is 21.8 Å². The summed E-state index contributed by atoms with van der Waals surface area (Å²) in [5.74, 6) is 0.0242. The molecule has 1 N–H and O–H groups in total. The second-order valence-corrected chi connectivity index (χ2v) is 9.28. The predicted molar refractivity (Wildman–Crippen MR) is 90.8 cm³/mol. The van der Waals surface area contributed by atoms with E-state index in [2.05, 4.69) is 20.8 Å². The van der Waals surface area contributed by atoms with Crippen molar-refractivity contribution < 1.29 is 9.90 Å². The molecular formula is C18H32O2S. The third-order valence-corrected chi connectivity index (χ3v) is 7.77. The lowest BCUT2D eigenvalue weighted by molar-refractivity contribution is -0.143. The van der Waals surface area contributed by atoms with Gasteiger partial charge in [-0.1, -0.05) is 46.5 Å². The maximum absolute atomic E-state index is 11.6. The van der Waals surface area contributed by atoms with Crippen LogP contribution in [0.1, 0.15) is 78.6 Å². The SMILES string of the molecule is CCC(C)(C)C1CCC(C(=O)O)C(SC2CCCCC2)C1. The first kappa shape index (κ1) is 17.2. The van der Waals surface area contributed by atoms with Gasteiger partial charge in [0.1, 0.15) is 0 Å². The average Bonchev–Trinajstić information content (AvgIpc) is 2.48. The van der Waals surface area contributed by atoms with Gasteiger partial charge in [0.05, 0.1) is 5.92 Å². The molecule has 0 heterocycles. The van der Waals surface area contributed by atoms with Crippen LogP contribution in [-0.2, 0) is 4.79 Å². The zero-order chi connectivity index (χ0) is 15.5. The van der Waals surface area contributed by atoms with Gasteiger partial charge in [0, 0.05) is 10.5 Å². The van der Waals surface area contributed by atoms with Crippen LogP contribution < -0.4 is 0 Å². The van der Waals surface area contributed by atoms with Crippen LogP contribution in [0.15, 0.2) is 0 Å². The quantitative estimate of drug-likeness (QED) is 0.742. The lowest BCUT2D eigenvalue weighted by Crippen LogP contribution is -2.38. The van der Waals surface area contributed by atoms with E-state index in [9.17, 15) is 9.90 Å². The Balaban J connectivity index is 2.02. The molecule has 0 aromatic heterocycles. The molecule has 2 aliphatic rings. The molecule has 0 radical (unpaired) electrons. The molecule has 0 aliphatic heterocycles. The molecule has 2 saturated carbocycles. The summed E-state index contributed by atoms with van der Waals surface area (Å²) in [6.45, 7) is 6.99. The Morgan fingerprint density at radius 3 is 2.38 bits per heavy atom. The van der Waals surface area contributed by atoms with Crippen molar-refractivity contribution in [1.82, 2.24) is 0 Å². The van der Waals surface area contributed by atoms with Crippen molar-refractivity contribution in [2.75, 3.05) is 0 Å². The van der Waals surface area contributed by atoms with Crippen LogP contribution in [0.25, 0.3) is 0 Å². The Labute approximate surface area is 134 Å². The minimum atomic E-state index is -0.559. The first-order chi connectivity index (χ1) is 9.94. The van der Waals surface area contributed by atoms with Gasteiger partial charge in [-0.15, -0.1) is 0 Å². The molecule has 2 fully saturated rings. The van der Waals surface area contributed by atoms with E-state index in [0.717, 1.165) is 19.3 Å². The first-order valence-corrected chi connectivity index (χ1v) is 9.76. The standard InChI is InChI=1S/C18H32O2S/c1-4-18(2,3)13-10-11-15(17(19)20)16(12-13)21-14-8-6-5-7-9-14/h13-16H,4-12H2,1-3H3,(H,19,20). The van der Waals surface area contributed by atoms with Crippen molar-refractivity contribution in [3.05, 3.63) is 0 Å². The molecule has 3 atom stereocenters. The highest BCUT2D eigenvalue weighted by atomic mass is 32.2. The highest BCUT2D eigenvalue weighted by molar-refractivity contribution is 8.00. The maximum atomic E-state index is 11.6. The molecule has 0 bridgehead atoms. The van der Waals surface area contributed by atoms with E-state index in [1.54, 1.807) is 0 Å². The smallest absolute Gasteiger partial charge is 0.307 e. The van der Waals surface area contributed by atoms with Crippen LogP contribution in [0, 0.1) is 17.3 Å². The van der Waals surface area contributed by atoms with Crippen LogP contribution in [0.3, 0.4) is 0 Å². The molecule has 122 valence electrons. The fraction of sp³-hybridized carbons (Fsp3) is 0.944. The monoisotopic (exact) mass is 312 g/mol. The summed E-state index contributed by atoms with van der Waals surface area (Å²) in [6.07, 6.45) is 10.9. The Kier molecular flexibility index (Phi) is 6.05. The predicted octanol–water partition coefficient (Wildman–Crippen LogP) is 5.36. The number of hydrogen-bond donors (Lipinski definition) is 1. The zero-order valence-corrected chi connectivity index (χ0v) is 14.8. The first-order valence-electron chi connectivity index (χ1n) is 8.82. The number of thioether (sulfide) groups is 1. The van der Waals surface area contributed by atoms with Gasteiger partial charge >= 0.3 is 5.97 Å². The van der Waals surface area contributed by atoms with Gasteiger partial charge in [-0.2, -0.15) is 11.8 Å². The highest BCUT2D eigenvalue weighted by Crippen LogP contribution is 2.47. The summed E-state index contributed by atoms with van der Waals surface area (Å²) in [5, 5.41) is 10.6. The van der Waals surface area contributed by atoms with E-state index in [1.165, 1.54) is 38.5 Å². The summed E-state index contributed by atoms with van der Waals surface area (Å²) in [5.41, 5.74) is 0.356. The second-order valence-electron chi connectivity index (χ2n) is 7.73. The molecule has 2 aliphatic carbocycles. The zero-order valence-electron chi connectivity index (χ0n) is 13.9. The Morgan fingerprint density at radius 2 is 1.81 bits per heavy atom. The molecular weight excluding hydrogens is 280 g/mol. The molecule has 21 heavy (non-hydrogen) atoms. The number of carbonyl (C=O) groups is 1. The van der Waals surface area contributed by atoms with Crippen molar-refractivity contribution >= 4 is 17.7 Å². The summed E-state index contributed by atoms with van der Waals surface area (Å²) in [4.78, 5) is 11.6. The minimum absolute atomic E-state index is 0.110. The van der Waals surface area contributed by atoms with Crippen LogP contribution in [0.5, 0.6) is 0 Å².